The Bertz CT molecular complexity index is 158. The smallest absolute Gasteiger partial charge is 0.0130 e. The minimum Gasteiger partial charge on any atom is -0.312 e. The lowest BCUT2D eigenvalue weighted by molar-refractivity contribution is 0.243. The Morgan fingerprint density at radius 1 is 1.07 bits per heavy atom. The Morgan fingerprint density at radius 2 is 1.67 bits per heavy atom. The second-order valence-corrected chi connectivity index (χ2v) is 7.49. The fourth-order valence-electron chi connectivity index (χ4n) is 2.13. The fraction of sp³-hybridized carbons (Fsp3) is 1.00. The van der Waals surface area contributed by atoms with Crippen molar-refractivity contribution in [3.05, 3.63) is 0 Å². The third-order valence-electron chi connectivity index (χ3n) is 2.25. The van der Waals surface area contributed by atoms with Crippen molar-refractivity contribution in [2.24, 2.45) is 5.41 Å². The van der Waals surface area contributed by atoms with Crippen LogP contribution in [-0.4, -0.2) is 23.6 Å². The number of thioether (sulfide) groups is 1. The number of hydrogen-bond acceptors (Lipinski definition) is 2. The maximum absolute atomic E-state index is 3.66. The van der Waals surface area contributed by atoms with Gasteiger partial charge in [0.15, 0.2) is 0 Å². The molecular formula is C13H29NS. The third-order valence-corrected chi connectivity index (χ3v) is 3.23. The molecule has 0 saturated heterocycles. The highest BCUT2D eigenvalue weighted by molar-refractivity contribution is 7.99. The summed E-state index contributed by atoms with van der Waals surface area (Å²) in [6, 6.07) is 0. The zero-order valence-electron chi connectivity index (χ0n) is 11.4. The molecule has 0 radical (unpaired) electrons. The van der Waals surface area contributed by atoms with Crippen molar-refractivity contribution in [2.75, 3.05) is 18.1 Å². The molecule has 15 heavy (non-hydrogen) atoms. The van der Waals surface area contributed by atoms with Gasteiger partial charge in [0.1, 0.15) is 0 Å². The first-order valence-electron chi connectivity index (χ1n) is 6.10. The molecule has 0 aromatic carbocycles. The van der Waals surface area contributed by atoms with Crippen LogP contribution in [0.2, 0.25) is 0 Å². The average molecular weight is 231 g/mol. The molecule has 0 atom stereocenters. The third kappa shape index (κ3) is 10.6. The largest absolute Gasteiger partial charge is 0.312 e. The normalized spacial score (nSPS) is 13.2. The Balaban J connectivity index is 3.65. The summed E-state index contributed by atoms with van der Waals surface area (Å²) in [4.78, 5) is 0. The SMILES string of the molecule is CCSCCCNC(C)(C)CC(C)(C)C. The predicted molar refractivity (Wildman–Crippen MR) is 73.8 cm³/mol. The molecule has 2 heteroatoms. The lowest BCUT2D eigenvalue weighted by Crippen LogP contribution is -2.42. The molecule has 0 bridgehead atoms. The van der Waals surface area contributed by atoms with Crippen molar-refractivity contribution >= 4 is 11.8 Å². The summed E-state index contributed by atoms with van der Waals surface area (Å²) in [5.74, 6) is 2.53. The van der Waals surface area contributed by atoms with Crippen LogP contribution in [0.25, 0.3) is 0 Å². The summed E-state index contributed by atoms with van der Waals surface area (Å²) in [7, 11) is 0. The maximum Gasteiger partial charge on any atom is 0.0130 e. The second kappa shape index (κ2) is 6.80. The van der Waals surface area contributed by atoms with Gasteiger partial charge in [-0.05, 0) is 50.2 Å². The van der Waals surface area contributed by atoms with Gasteiger partial charge in [0, 0.05) is 5.54 Å². The van der Waals surface area contributed by atoms with Crippen LogP contribution in [0.5, 0.6) is 0 Å². The Morgan fingerprint density at radius 3 is 2.13 bits per heavy atom. The van der Waals surface area contributed by atoms with Crippen molar-refractivity contribution in [1.82, 2.24) is 5.32 Å². The summed E-state index contributed by atoms with van der Waals surface area (Å²) < 4.78 is 0. The van der Waals surface area contributed by atoms with Crippen LogP contribution < -0.4 is 5.32 Å². The summed E-state index contributed by atoms with van der Waals surface area (Å²) in [6.45, 7) is 14.9. The fourth-order valence-corrected chi connectivity index (χ4v) is 2.77. The van der Waals surface area contributed by atoms with Crippen LogP contribution >= 0.6 is 11.8 Å². The van der Waals surface area contributed by atoms with E-state index < -0.39 is 0 Å². The van der Waals surface area contributed by atoms with Gasteiger partial charge in [0.25, 0.3) is 0 Å². The van der Waals surface area contributed by atoms with Crippen LogP contribution in [0.15, 0.2) is 0 Å². The van der Waals surface area contributed by atoms with Gasteiger partial charge in [-0.3, -0.25) is 0 Å². The van der Waals surface area contributed by atoms with Gasteiger partial charge in [-0.2, -0.15) is 11.8 Å². The van der Waals surface area contributed by atoms with Crippen molar-refractivity contribution in [3.63, 3.8) is 0 Å². The van der Waals surface area contributed by atoms with Gasteiger partial charge in [-0.25, -0.2) is 0 Å². The molecule has 0 saturated carbocycles. The van der Waals surface area contributed by atoms with Gasteiger partial charge in [0.05, 0.1) is 0 Å². The molecular weight excluding hydrogens is 202 g/mol. The number of nitrogens with one attached hydrogen (secondary N) is 1. The molecule has 0 aliphatic rings. The van der Waals surface area contributed by atoms with E-state index in [0.717, 1.165) is 6.54 Å². The van der Waals surface area contributed by atoms with E-state index in [-0.39, 0.29) is 5.54 Å². The van der Waals surface area contributed by atoms with Crippen molar-refractivity contribution < 1.29 is 0 Å². The van der Waals surface area contributed by atoms with Gasteiger partial charge in [-0.15, -0.1) is 0 Å². The average Bonchev–Trinajstić information content (AvgIpc) is 1.99. The van der Waals surface area contributed by atoms with Crippen LogP contribution in [0.4, 0.5) is 0 Å². The zero-order valence-corrected chi connectivity index (χ0v) is 12.3. The van der Waals surface area contributed by atoms with Gasteiger partial charge >= 0.3 is 0 Å². The highest BCUT2D eigenvalue weighted by Crippen LogP contribution is 2.26. The molecule has 1 N–H and O–H groups in total. The first kappa shape index (κ1) is 15.3. The number of rotatable bonds is 7. The van der Waals surface area contributed by atoms with E-state index in [0.29, 0.717) is 5.41 Å². The molecule has 0 rings (SSSR count). The molecule has 1 nitrogen and oxygen atoms in total. The van der Waals surface area contributed by atoms with E-state index in [4.69, 9.17) is 0 Å². The second-order valence-electron chi connectivity index (χ2n) is 6.10. The van der Waals surface area contributed by atoms with Crippen LogP contribution in [0.3, 0.4) is 0 Å². The summed E-state index contributed by atoms with van der Waals surface area (Å²) in [5, 5.41) is 3.66. The van der Waals surface area contributed by atoms with Crippen molar-refractivity contribution in [2.45, 2.75) is 59.9 Å². The first-order chi connectivity index (χ1) is 6.77. The molecule has 0 amide bonds. The zero-order chi connectivity index (χ0) is 11.9. The molecule has 0 heterocycles. The molecule has 0 aromatic rings. The standard InChI is InChI=1S/C13H29NS/c1-7-15-10-8-9-14-13(5,6)11-12(2,3)4/h14H,7-11H2,1-6H3. The van der Waals surface area contributed by atoms with Crippen LogP contribution in [-0.2, 0) is 0 Å². The molecule has 0 aromatic heterocycles. The number of hydrogen-bond donors (Lipinski definition) is 1. The molecule has 0 fully saturated rings. The quantitative estimate of drug-likeness (QED) is 0.666. The van der Waals surface area contributed by atoms with Gasteiger partial charge in [0.2, 0.25) is 0 Å². The molecule has 0 aliphatic carbocycles. The predicted octanol–water partition coefficient (Wildman–Crippen LogP) is 3.93. The first-order valence-corrected chi connectivity index (χ1v) is 7.25. The maximum atomic E-state index is 3.66. The topological polar surface area (TPSA) is 12.0 Å². The van der Waals surface area contributed by atoms with Crippen LogP contribution in [0, 0.1) is 5.41 Å². The van der Waals surface area contributed by atoms with Crippen molar-refractivity contribution in [3.8, 4) is 0 Å². The summed E-state index contributed by atoms with van der Waals surface area (Å²) in [6.07, 6.45) is 2.51. The molecule has 0 spiro atoms. The lowest BCUT2D eigenvalue weighted by atomic mass is 9.82. The van der Waals surface area contributed by atoms with Crippen molar-refractivity contribution in [1.29, 1.82) is 0 Å². The Hall–Kier alpha value is 0.310. The molecule has 0 aliphatic heterocycles. The van der Waals surface area contributed by atoms with E-state index >= 15 is 0 Å². The van der Waals surface area contributed by atoms with E-state index in [2.05, 4.69) is 46.9 Å². The highest BCUT2D eigenvalue weighted by atomic mass is 32.2. The minimum absolute atomic E-state index is 0.273. The molecule has 0 unspecified atom stereocenters. The lowest BCUT2D eigenvalue weighted by Gasteiger charge is -2.33. The van der Waals surface area contributed by atoms with E-state index in [1.807, 2.05) is 11.8 Å². The van der Waals surface area contributed by atoms with E-state index in [1.54, 1.807) is 0 Å². The summed E-state index contributed by atoms with van der Waals surface area (Å²) in [5.41, 5.74) is 0.684. The Kier molecular flexibility index (Phi) is 6.94. The van der Waals surface area contributed by atoms with Crippen LogP contribution in [0.1, 0.15) is 54.4 Å². The minimum atomic E-state index is 0.273. The van der Waals surface area contributed by atoms with E-state index in [1.165, 1.54) is 24.3 Å². The summed E-state index contributed by atoms with van der Waals surface area (Å²) >= 11 is 2.03. The monoisotopic (exact) mass is 231 g/mol. The van der Waals surface area contributed by atoms with Gasteiger partial charge < -0.3 is 5.32 Å². The highest BCUT2D eigenvalue weighted by Gasteiger charge is 2.24. The Labute approximate surface area is 101 Å². The van der Waals surface area contributed by atoms with Gasteiger partial charge in [-0.1, -0.05) is 27.7 Å². The molecule has 92 valence electrons. The van der Waals surface area contributed by atoms with E-state index in [9.17, 15) is 0 Å².